The summed E-state index contributed by atoms with van der Waals surface area (Å²) in [6.07, 6.45) is 0.283. The van der Waals surface area contributed by atoms with Crippen LogP contribution in [0.4, 0.5) is 5.69 Å². The molecule has 0 fully saturated rings. The molecule has 0 bridgehead atoms. The number of aromatic nitrogens is 3. The summed E-state index contributed by atoms with van der Waals surface area (Å²) in [5.41, 5.74) is 7.47. The lowest BCUT2D eigenvalue weighted by Crippen LogP contribution is -2.25. The first kappa shape index (κ1) is 16.7. The first-order valence-electron chi connectivity index (χ1n) is 7.49. The second-order valence-corrected chi connectivity index (χ2v) is 4.88. The first-order valence-corrected chi connectivity index (χ1v) is 7.49. The number of fused-ring (bicyclic) bond motifs is 1. The van der Waals surface area contributed by atoms with Crippen molar-refractivity contribution < 1.29 is 19.1 Å². The maximum Gasteiger partial charge on any atom is 0.332 e. The van der Waals surface area contributed by atoms with E-state index in [4.69, 9.17) is 15.2 Å². The lowest BCUT2D eigenvalue weighted by molar-refractivity contribution is -0.149. The van der Waals surface area contributed by atoms with E-state index in [0.29, 0.717) is 23.3 Å². The van der Waals surface area contributed by atoms with E-state index in [9.17, 15) is 9.59 Å². The van der Waals surface area contributed by atoms with Gasteiger partial charge in [-0.15, -0.1) is 0 Å². The molecule has 0 aliphatic carbocycles. The molecule has 0 aliphatic heterocycles. The number of nitrogens with zero attached hydrogens (tertiary/aromatic N) is 3. The highest BCUT2D eigenvalue weighted by Gasteiger charge is 2.25. The Morgan fingerprint density at radius 1 is 1.17 bits per heavy atom. The fraction of sp³-hybridized carbons (Fsp3) is 0.467. The zero-order chi connectivity index (χ0) is 16.8. The Bertz CT molecular complexity index is 698. The van der Waals surface area contributed by atoms with Crippen LogP contribution < -0.4 is 5.73 Å². The average Bonchev–Trinajstić information content (AvgIpc) is 2.90. The van der Waals surface area contributed by atoms with Crippen LogP contribution in [0.2, 0.25) is 0 Å². The summed E-state index contributed by atoms with van der Waals surface area (Å²) in [5.74, 6) is -0.854. The molecule has 1 aromatic heterocycles. The Morgan fingerprint density at radius 2 is 1.87 bits per heavy atom. The normalized spacial score (nSPS) is 12.1. The summed E-state index contributed by atoms with van der Waals surface area (Å²) in [4.78, 5) is 25.0. The minimum absolute atomic E-state index is 0.0807. The van der Waals surface area contributed by atoms with Crippen molar-refractivity contribution in [2.75, 3.05) is 18.9 Å². The van der Waals surface area contributed by atoms with Gasteiger partial charge in [-0.2, -0.15) is 15.0 Å². The molecule has 1 aromatic carbocycles. The van der Waals surface area contributed by atoms with Crippen molar-refractivity contribution in [3.05, 3.63) is 18.2 Å². The van der Waals surface area contributed by atoms with Crippen molar-refractivity contribution in [1.82, 2.24) is 15.0 Å². The number of nitrogens with two attached hydrogens (primary N) is 1. The molecule has 0 saturated carbocycles. The molecule has 2 rings (SSSR count). The Labute approximate surface area is 133 Å². The second-order valence-electron chi connectivity index (χ2n) is 4.88. The van der Waals surface area contributed by atoms with E-state index < -0.39 is 12.0 Å². The number of anilines is 1. The number of ether oxygens (including phenoxy) is 2. The number of nitrogen functional groups attached to an aromatic ring is 1. The van der Waals surface area contributed by atoms with Gasteiger partial charge in [-0.25, -0.2) is 4.79 Å². The van der Waals surface area contributed by atoms with Gasteiger partial charge in [0, 0.05) is 12.1 Å². The maximum absolute atomic E-state index is 12.2. The third kappa shape index (κ3) is 4.18. The van der Waals surface area contributed by atoms with Crippen LogP contribution in [0.1, 0.15) is 32.7 Å². The first-order chi connectivity index (χ1) is 11.0. The summed E-state index contributed by atoms with van der Waals surface area (Å²) in [7, 11) is 0. The Hall–Kier alpha value is -2.64. The van der Waals surface area contributed by atoms with E-state index in [1.807, 2.05) is 0 Å². The van der Waals surface area contributed by atoms with Crippen LogP contribution in [-0.2, 0) is 19.1 Å². The van der Waals surface area contributed by atoms with Crippen molar-refractivity contribution in [3.8, 4) is 0 Å². The number of rotatable bonds is 7. The van der Waals surface area contributed by atoms with Gasteiger partial charge >= 0.3 is 11.9 Å². The number of hydrogen-bond acceptors (Lipinski definition) is 7. The SMILES string of the molecule is CCOC(=O)CCC(C(=O)OCC)n1nc2ccc(N)cc2n1. The minimum Gasteiger partial charge on any atom is -0.466 e. The van der Waals surface area contributed by atoms with Crippen molar-refractivity contribution >= 4 is 28.7 Å². The van der Waals surface area contributed by atoms with Gasteiger partial charge in [-0.05, 0) is 38.5 Å². The molecule has 0 radical (unpaired) electrons. The van der Waals surface area contributed by atoms with Crippen LogP contribution in [0.3, 0.4) is 0 Å². The van der Waals surface area contributed by atoms with Gasteiger partial charge in [-0.1, -0.05) is 0 Å². The summed E-state index contributed by atoms with van der Waals surface area (Å²) >= 11 is 0. The average molecular weight is 320 g/mol. The van der Waals surface area contributed by atoms with Gasteiger partial charge in [0.15, 0.2) is 6.04 Å². The van der Waals surface area contributed by atoms with Gasteiger partial charge in [0.25, 0.3) is 0 Å². The zero-order valence-electron chi connectivity index (χ0n) is 13.2. The van der Waals surface area contributed by atoms with Crippen LogP contribution in [0.5, 0.6) is 0 Å². The molecule has 124 valence electrons. The molecule has 0 saturated heterocycles. The highest BCUT2D eigenvalue weighted by molar-refractivity contribution is 5.79. The minimum atomic E-state index is -0.784. The van der Waals surface area contributed by atoms with Gasteiger partial charge in [0.1, 0.15) is 11.0 Å². The third-order valence-corrected chi connectivity index (χ3v) is 3.18. The Balaban J connectivity index is 2.23. The molecule has 0 spiro atoms. The summed E-state index contributed by atoms with van der Waals surface area (Å²) in [6, 6.07) is 4.32. The lowest BCUT2D eigenvalue weighted by Gasteiger charge is -2.14. The smallest absolute Gasteiger partial charge is 0.332 e. The fourth-order valence-corrected chi connectivity index (χ4v) is 2.14. The molecular weight excluding hydrogens is 300 g/mol. The van der Waals surface area contributed by atoms with Crippen LogP contribution >= 0.6 is 0 Å². The maximum atomic E-state index is 12.2. The second kappa shape index (κ2) is 7.57. The largest absolute Gasteiger partial charge is 0.466 e. The summed E-state index contributed by atoms with van der Waals surface area (Å²) in [5, 5.41) is 8.55. The Morgan fingerprint density at radius 3 is 2.57 bits per heavy atom. The molecule has 1 heterocycles. The monoisotopic (exact) mass is 320 g/mol. The zero-order valence-corrected chi connectivity index (χ0v) is 13.2. The van der Waals surface area contributed by atoms with E-state index in [1.54, 1.807) is 32.0 Å². The fourth-order valence-electron chi connectivity index (χ4n) is 2.14. The molecule has 2 N–H and O–H groups in total. The summed E-state index contributed by atoms with van der Waals surface area (Å²) in [6.45, 7) is 3.98. The number of benzene rings is 1. The van der Waals surface area contributed by atoms with Crippen molar-refractivity contribution in [2.24, 2.45) is 0 Å². The van der Waals surface area contributed by atoms with Crippen molar-refractivity contribution in [3.63, 3.8) is 0 Å². The van der Waals surface area contributed by atoms with E-state index in [1.165, 1.54) is 4.80 Å². The number of carbonyl (C=O) groups excluding carboxylic acids is 2. The van der Waals surface area contributed by atoms with Gasteiger partial charge < -0.3 is 15.2 Å². The van der Waals surface area contributed by atoms with Crippen LogP contribution in [0.25, 0.3) is 11.0 Å². The third-order valence-electron chi connectivity index (χ3n) is 3.18. The van der Waals surface area contributed by atoms with Crippen molar-refractivity contribution in [2.45, 2.75) is 32.7 Å². The van der Waals surface area contributed by atoms with Crippen LogP contribution in [0.15, 0.2) is 18.2 Å². The molecule has 23 heavy (non-hydrogen) atoms. The molecule has 8 nitrogen and oxygen atoms in total. The van der Waals surface area contributed by atoms with E-state index in [0.717, 1.165) is 0 Å². The highest BCUT2D eigenvalue weighted by Crippen LogP contribution is 2.19. The molecular formula is C15H20N4O4. The predicted octanol–water partition coefficient (Wildman–Crippen LogP) is 1.46. The lowest BCUT2D eigenvalue weighted by atomic mass is 10.1. The van der Waals surface area contributed by atoms with Gasteiger partial charge in [0.05, 0.1) is 13.2 Å². The topological polar surface area (TPSA) is 109 Å². The number of hydrogen-bond donors (Lipinski definition) is 1. The molecule has 1 atom stereocenters. The Kier molecular flexibility index (Phi) is 5.51. The predicted molar refractivity (Wildman–Crippen MR) is 83.5 cm³/mol. The standard InChI is InChI=1S/C15H20N4O4/c1-3-22-14(20)8-7-13(15(21)23-4-2)19-17-11-6-5-10(16)9-12(11)18-19/h5-6,9,13H,3-4,7-8,16H2,1-2H3. The van der Waals surface area contributed by atoms with E-state index in [-0.39, 0.29) is 25.4 Å². The number of esters is 2. The summed E-state index contributed by atoms with van der Waals surface area (Å²) < 4.78 is 9.94. The molecule has 0 amide bonds. The molecule has 0 aliphatic rings. The van der Waals surface area contributed by atoms with E-state index in [2.05, 4.69) is 10.2 Å². The quantitative estimate of drug-likeness (QED) is 0.607. The molecule has 2 aromatic rings. The van der Waals surface area contributed by atoms with Crippen LogP contribution in [0, 0.1) is 0 Å². The van der Waals surface area contributed by atoms with Crippen LogP contribution in [-0.4, -0.2) is 40.1 Å². The molecule has 8 heteroatoms. The van der Waals surface area contributed by atoms with Gasteiger partial charge in [-0.3, -0.25) is 4.79 Å². The van der Waals surface area contributed by atoms with Crippen molar-refractivity contribution in [1.29, 1.82) is 0 Å². The molecule has 1 unspecified atom stereocenters. The van der Waals surface area contributed by atoms with E-state index >= 15 is 0 Å². The highest BCUT2D eigenvalue weighted by atomic mass is 16.5. The number of carbonyl (C=O) groups is 2. The van der Waals surface area contributed by atoms with Gasteiger partial charge in [0.2, 0.25) is 0 Å².